The molecule has 2 N–H and O–H groups in total. The molecule has 0 heterocycles. The summed E-state index contributed by atoms with van der Waals surface area (Å²) in [5.41, 5.74) is 3.47. The molecule has 4 rings (SSSR count). The van der Waals surface area contributed by atoms with Crippen LogP contribution in [0.4, 0.5) is 0 Å². The molecule has 5 nitrogen and oxygen atoms in total. The Kier molecular flexibility index (Phi) is 8.51. The van der Waals surface area contributed by atoms with Crippen molar-refractivity contribution in [1.82, 2.24) is 5.32 Å². The maximum absolute atomic E-state index is 11.5. The predicted octanol–water partition coefficient (Wildman–Crippen LogP) is 4.38. The van der Waals surface area contributed by atoms with Gasteiger partial charge in [-0.2, -0.15) is 0 Å². The van der Waals surface area contributed by atoms with E-state index in [-0.39, 0.29) is 25.0 Å². The molecule has 32 heavy (non-hydrogen) atoms. The van der Waals surface area contributed by atoms with E-state index >= 15 is 0 Å². The van der Waals surface area contributed by atoms with Crippen LogP contribution in [0.15, 0.2) is 60.7 Å². The van der Waals surface area contributed by atoms with Crippen molar-refractivity contribution in [2.24, 2.45) is 0 Å². The van der Waals surface area contributed by atoms with E-state index in [0.717, 1.165) is 30.2 Å². The maximum atomic E-state index is 11.5. The first kappa shape index (κ1) is 24.1. The van der Waals surface area contributed by atoms with Crippen LogP contribution in [0.25, 0.3) is 10.8 Å². The zero-order chi connectivity index (χ0) is 21.6. The Morgan fingerprint density at radius 2 is 1.91 bits per heavy atom. The van der Waals surface area contributed by atoms with Gasteiger partial charge in [0, 0.05) is 12.6 Å². The van der Waals surface area contributed by atoms with E-state index in [0.29, 0.717) is 24.9 Å². The lowest BCUT2D eigenvalue weighted by atomic mass is 9.88. The molecule has 0 aromatic heterocycles. The van der Waals surface area contributed by atoms with Crippen LogP contribution in [-0.2, 0) is 22.4 Å². The SMILES string of the molecule is CCOC(=O)COc1ccc2c(c1)CC(NC[C@@H](O)c1ccc3ccccc3c1)CC2.Cl. The second kappa shape index (κ2) is 11.3. The van der Waals surface area contributed by atoms with Crippen molar-refractivity contribution in [3.05, 3.63) is 77.4 Å². The molecule has 3 aromatic carbocycles. The monoisotopic (exact) mass is 455 g/mol. The van der Waals surface area contributed by atoms with Gasteiger partial charge >= 0.3 is 5.97 Å². The van der Waals surface area contributed by atoms with Gasteiger partial charge in [0.15, 0.2) is 6.61 Å². The van der Waals surface area contributed by atoms with Gasteiger partial charge in [-0.1, -0.05) is 42.5 Å². The van der Waals surface area contributed by atoms with Crippen molar-refractivity contribution in [3.63, 3.8) is 0 Å². The van der Waals surface area contributed by atoms with Crippen LogP contribution >= 0.6 is 12.4 Å². The fourth-order valence-corrected chi connectivity index (χ4v) is 4.15. The zero-order valence-corrected chi connectivity index (χ0v) is 19.1. The topological polar surface area (TPSA) is 67.8 Å². The normalized spacial score (nSPS) is 16.0. The smallest absolute Gasteiger partial charge is 0.344 e. The molecule has 3 aromatic rings. The van der Waals surface area contributed by atoms with Crippen LogP contribution in [0.5, 0.6) is 5.75 Å². The Bertz CT molecular complexity index is 1050. The van der Waals surface area contributed by atoms with Gasteiger partial charge in [0.05, 0.1) is 12.7 Å². The third kappa shape index (κ3) is 6.00. The van der Waals surface area contributed by atoms with Gasteiger partial charge in [0.25, 0.3) is 0 Å². The minimum atomic E-state index is -0.551. The van der Waals surface area contributed by atoms with Crippen molar-refractivity contribution in [2.75, 3.05) is 19.8 Å². The quantitative estimate of drug-likeness (QED) is 0.493. The van der Waals surface area contributed by atoms with E-state index in [1.165, 1.54) is 16.5 Å². The molecule has 2 atom stereocenters. The first-order chi connectivity index (χ1) is 15.1. The molecule has 0 saturated carbocycles. The molecule has 0 spiro atoms. The third-order valence-electron chi connectivity index (χ3n) is 5.83. The average Bonchev–Trinajstić information content (AvgIpc) is 2.80. The van der Waals surface area contributed by atoms with E-state index < -0.39 is 6.10 Å². The number of nitrogens with one attached hydrogen (secondary N) is 1. The van der Waals surface area contributed by atoms with Crippen molar-refractivity contribution in [3.8, 4) is 5.75 Å². The summed E-state index contributed by atoms with van der Waals surface area (Å²) in [6.45, 7) is 2.56. The van der Waals surface area contributed by atoms with Crippen LogP contribution in [0.3, 0.4) is 0 Å². The van der Waals surface area contributed by atoms with Crippen LogP contribution < -0.4 is 10.1 Å². The summed E-state index contributed by atoms with van der Waals surface area (Å²) >= 11 is 0. The number of ether oxygens (including phenoxy) is 2. The van der Waals surface area contributed by atoms with Crippen molar-refractivity contribution < 1.29 is 19.4 Å². The number of aliphatic hydroxyl groups is 1. The summed E-state index contributed by atoms with van der Waals surface area (Å²) in [7, 11) is 0. The Morgan fingerprint density at radius 3 is 2.72 bits per heavy atom. The van der Waals surface area contributed by atoms with E-state index in [1.807, 2.05) is 30.3 Å². The molecule has 0 aliphatic heterocycles. The number of hydrogen-bond donors (Lipinski definition) is 2. The highest BCUT2D eigenvalue weighted by atomic mass is 35.5. The van der Waals surface area contributed by atoms with Gasteiger partial charge in [-0.05, 0) is 71.8 Å². The van der Waals surface area contributed by atoms with E-state index in [2.05, 4.69) is 35.6 Å². The molecule has 6 heteroatoms. The van der Waals surface area contributed by atoms with E-state index in [1.54, 1.807) is 6.92 Å². The molecule has 0 bridgehead atoms. The minimum absolute atomic E-state index is 0. The predicted molar refractivity (Wildman–Crippen MR) is 129 cm³/mol. The van der Waals surface area contributed by atoms with Crippen LogP contribution in [0.1, 0.15) is 36.1 Å². The second-order valence-corrected chi connectivity index (χ2v) is 7.99. The van der Waals surface area contributed by atoms with Gasteiger partial charge < -0.3 is 19.9 Å². The second-order valence-electron chi connectivity index (χ2n) is 7.99. The Hall–Kier alpha value is -2.60. The van der Waals surface area contributed by atoms with Crippen molar-refractivity contribution in [1.29, 1.82) is 0 Å². The fraction of sp³-hybridized carbons (Fsp3) is 0.346. The summed E-state index contributed by atoms with van der Waals surface area (Å²) in [4.78, 5) is 11.5. The fourth-order valence-electron chi connectivity index (χ4n) is 4.15. The molecule has 170 valence electrons. The van der Waals surface area contributed by atoms with Crippen LogP contribution in [-0.4, -0.2) is 36.9 Å². The molecule has 0 saturated heterocycles. The largest absolute Gasteiger partial charge is 0.482 e. The Labute approximate surface area is 195 Å². The number of halogens is 1. The van der Waals surface area contributed by atoms with Crippen molar-refractivity contribution in [2.45, 2.75) is 38.3 Å². The van der Waals surface area contributed by atoms with Gasteiger partial charge in [-0.3, -0.25) is 0 Å². The molecule has 1 aliphatic rings. The van der Waals surface area contributed by atoms with Gasteiger partial charge in [0.2, 0.25) is 0 Å². The summed E-state index contributed by atoms with van der Waals surface area (Å²) in [5.74, 6) is 0.325. The van der Waals surface area contributed by atoms with E-state index in [4.69, 9.17) is 9.47 Å². The van der Waals surface area contributed by atoms with Gasteiger partial charge in [0.1, 0.15) is 5.75 Å². The number of carbonyl (C=O) groups excluding carboxylic acids is 1. The standard InChI is InChI=1S/C26H29NO4.ClH/c1-2-30-26(29)17-31-24-12-10-19-9-11-23(14-22(19)15-24)27-16-25(28)21-8-7-18-5-3-4-6-20(18)13-21;/h3-8,10,12-13,15,23,25,27-28H,2,9,11,14,16-17H2,1H3;1H/t23?,25-;/m1./s1. The first-order valence-corrected chi connectivity index (χ1v) is 10.9. The molecule has 1 unspecified atom stereocenters. The summed E-state index contributed by atoms with van der Waals surface area (Å²) < 4.78 is 10.5. The van der Waals surface area contributed by atoms with Crippen LogP contribution in [0, 0.1) is 0 Å². The summed E-state index contributed by atoms with van der Waals surface area (Å²) in [6, 6.07) is 20.6. The van der Waals surface area contributed by atoms with Gasteiger partial charge in [-0.15, -0.1) is 12.4 Å². The number of carbonyl (C=O) groups is 1. The lowest BCUT2D eigenvalue weighted by molar-refractivity contribution is -0.145. The average molecular weight is 456 g/mol. The summed E-state index contributed by atoms with van der Waals surface area (Å²) in [5, 5.41) is 16.5. The highest BCUT2D eigenvalue weighted by molar-refractivity contribution is 5.85. The number of hydrogen-bond acceptors (Lipinski definition) is 5. The molecular formula is C26H30ClNO4. The third-order valence-corrected chi connectivity index (χ3v) is 5.83. The highest BCUT2D eigenvalue weighted by Gasteiger charge is 2.20. The lowest BCUT2D eigenvalue weighted by Crippen LogP contribution is -2.37. The molecular weight excluding hydrogens is 426 g/mol. The molecule has 0 amide bonds. The Balaban J connectivity index is 0.00000289. The number of esters is 1. The number of rotatable bonds is 8. The molecule has 1 aliphatic carbocycles. The minimum Gasteiger partial charge on any atom is -0.482 e. The Morgan fingerprint density at radius 1 is 1.09 bits per heavy atom. The number of aryl methyl sites for hydroxylation is 1. The highest BCUT2D eigenvalue weighted by Crippen LogP contribution is 2.26. The summed E-state index contributed by atoms with van der Waals surface area (Å²) in [6.07, 6.45) is 2.33. The van der Waals surface area contributed by atoms with Crippen LogP contribution in [0.2, 0.25) is 0 Å². The number of fused-ring (bicyclic) bond motifs is 2. The molecule has 0 fully saturated rings. The lowest BCUT2D eigenvalue weighted by Gasteiger charge is -2.27. The van der Waals surface area contributed by atoms with E-state index in [9.17, 15) is 9.90 Å². The zero-order valence-electron chi connectivity index (χ0n) is 18.3. The van der Waals surface area contributed by atoms with Gasteiger partial charge in [-0.25, -0.2) is 4.79 Å². The number of benzene rings is 3. The number of aliphatic hydroxyl groups excluding tert-OH is 1. The van der Waals surface area contributed by atoms with Crippen molar-refractivity contribution >= 4 is 29.1 Å². The molecule has 0 radical (unpaired) electrons. The maximum Gasteiger partial charge on any atom is 0.344 e. The first-order valence-electron chi connectivity index (χ1n) is 10.9.